The van der Waals surface area contributed by atoms with Crippen molar-refractivity contribution in [1.29, 1.82) is 0 Å². The highest BCUT2D eigenvalue weighted by atomic mass is 16.5. The van der Waals surface area contributed by atoms with Gasteiger partial charge in [-0.3, -0.25) is 9.59 Å². The molecular weight excluding hydrogens is 472 g/mol. The number of methoxy groups -OCH3 is 1. The van der Waals surface area contributed by atoms with Gasteiger partial charge in [-0.1, -0.05) is 18.7 Å². The van der Waals surface area contributed by atoms with Crippen LogP contribution in [-0.4, -0.2) is 73.6 Å². The van der Waals surface area contributed by atoms with Crippen molar-refractivity contribution < 1.29 is 28.9 Å². The zero-order valence-corrected chi connectivity index (χ0v) is 22.4. The van der Waals surface area contributed by atoms with Crippen molar-refractivity contribution >= 4 is 17.4 Å². The SMILES string of the molecule is C=CCOc1ccc(C2C(=C(O)c3ccc(OC(C)C)cc3C)C(=O)C(=O)N2CCN(C)C)cc1OC. The Morgan fingerprint density at radius 1 is 1.16 bits per heavy atom. The number of aliphatic hydroxyl groups excluding tert-OH is 1. The van der Waals surface area contributed by atoms with Crippen LogP contribution < -0.4 is 14.2 Å². The van der Waals surface area contributed by atoms with E-state index in [0.29, 0.717) is 48.1 Å². The number of likely N-dealkylation sites (N-methyl/N-ethyl adjacent to an activating group) is 1. The zero-order valence-electron chi connectivity index (χ0n) is 22.4. The number of nitrogens with zero attached hydrogens (tertiary/aromatic N) is 2. The first-order chi connectivity index (χ1) is 17.6. The van der Waals surface area contributed by atoms with Crippen molar-refractivity contribution in [2.24, 2.45) is 0 Å². The molecule has 0 aromatic heterocycles. The van der Waals surface area contributed by atoms with Crippen LogP contribution in [0.5, 0.6) is 17.2 Å². The minimum atomic E-state index is -0.798. The molecule has 1 aliphatic heterocycles. The Morgan fingerprint density at radius 2 is 1.89 bits per heavy atom. The van der Waals surface area contributed by atoms with Crippen molar-refractivity contribution in [2.75, 3.05) is 40.9 Å². The maximum atomic E-state index is 13.3. The summed E-state index contributed by atoms with van der Waals surface area (Å²) in [6, 6.07) is 9.70. The lowest BCUT2D eigenvalue weighted by atomic mass is 9.93. The number of hydrogen-bond donors (Lipinski definition) is 1. The van der Waals surface area contributed by atoms with E-state index in [2.05, 4.69) is 6.58 Å². The van der Waals surface area contributed by atoms with Gasteiger partial charge in [-0.15, -0.1) is 0 Å². The fraction of sp³-hybridized carbons (Fsp3) is 0.379. The summed E-state index contributed by atoms with van der Waals surface area (Å²) >= 11 is 0. The third-order valence-corrected chi connectivity index (χ3v) is 6.01. The van der Waals surface area contributed by atoms with Gasteiger partial charge in [0.15, 0.2) is 11.5 Å². The van der Waals surface area contributed by atoms with Crippen molar-refractivity contribution in [3.8, 4) is 17.2 Å². The zero-order chi connectivity index (χ0) is 27.3. The second-order valence-electron chi connectivity index (χ2n) is 9.45. The smallest absolute Gasteiger partial charge is 0.295 e. The minimum Gasteiger partial charge on any atom is -0.507 e. The van der Waals surface area contributed by atoms with Gasteiger partial charge in [-0.2, -0.15) is 0 Å². The highest BCUT2D eigenvalue weighted by Crippen LogP contribution is 2.42. The first kappa shape index (κ1) is 27.8. The average molecular weight is 509 g/mol. The lowest BCUT2D eigenvalue weighted by Crippen LogP contribution is -2.35. The molecule has 1 amide bonds. The van der Waals surface area contributed by atoms with Crippen LogP contribution >= 0.6 is 0 Å². The van der Waals surface area contributed by atoms with E-state index in [-0.39, 0.29) is 17.4 Å². The summed E-state index contributed by atoms with van der Waals surface area (Å²) in [5.41, 5.74) is 1.84. The molecule has 8 heteroatoms. The number of amides is 1. The molecule has 37 heavy (non-hydrogen) atoms. The van der Waals surface area contributed by atoms with Gasteiger partial charge in [0.2, 0.25) is 0 Å². The standard InChI is InChI=1S/C29H36N2O6/c1-8-15-36-23-12-9-20(17-24(23)35-7)26-25(28(33)29(34)31(26)14-13-30(5)6)27(32)22-11-10-21(16-19(22)4)37-18(2)3/h8-12,16-18,26,32H,1,13-15H2,2-7H3. The normalized spacial score (nSPS) is 17.0. The molecule has 198 valence electrons. The van der Waals surface area contributed by atoms with E-state index in [1.54, 1.807) is 42.5 Å². The molecule has 1 aliphatic rings. The van der Waals surface area contributed by atoms with Crippen LogP contribution in [-0.2, 0) is 9.59 Å². The summed E-state index contributed by atoms with van der Waals surface area (Å²) < 4.78 is 17.0. The van der Waals surface area contributed by atoms with Gasteiger partial charge in [0.05, 0.1) is 24.8 Å². The molecule has 1 fully saturated rings. The molecule has 0 saturated carbocycles. The Labute approximate surface area is 218 Å². The number of likely N-dealkylation sites (tertiary alicyclic amines) is 1. The molecule has 0 aliphatic carbocycles. The number of ether oxygens (including phenoxy) is 3. The number of carbonyl (C=O) groups is 2. The first-order valence-corrected chi connectivity index (χ1v) is 12.2. The number of aliphatic hydroxyl groups is 1. The number of hydrogen-bond acceptors (Lipinski definition) is 7. The van der Waals surface area contributed by atoms with Crippen LogP contribution in [0.25, 0.3) is 5.76 Å². The van der Waals surface area contributed by atoms with E-state index in [1.165, 1.54) is 12.0 Å². The fourth-order valence-electron chi connectivity index (χ4n) is 4.28. The number of benzene rings is 2. The lowest BCUT2D eigenvalue weighted by molar-refractivity contribution is -0.140. The van der Waals surface area contributed by atoms with Gasteiger partial charge in [-0.05, 0) is 76.3 Å². The van der Waals surface area contributed by atoms with Crippen molar-refractivity contribution in [3.63, 3.8) is 0 Å². The largest absolute Gasteiger partial charge is 0.507 e. The average Bonchev–Trinajstić information content (AvgIpc) is 3.10. The van der Waals surface area contributed by atoms with Gasteiger partial charge >= 0.3 is 0 Å². The highest BCUT2D eigenvalue weighted by molar-refractivity contribution is 6.46. The molecule has 1 unspecified atom stereocenters. The van der Waals surface area contributed by atoms with E-state index in [1.807, 2.05) is 39.8 Å². The van der Waals surface area contributed by atoms with Crippen molar-refractivity contribution in [1.82, 2.24) is 9.80 Å². The third kappa shape index (κ3) is 6.14. The first-order valence-electron chi connectivity index (χ1n) is 12.2. The number of rotatable bonds is 11. The quantitative estimate of drug-likeness (QED) is 0.209. The molecule has 1 N–H and O–H groups in total. The summed E-state index contributed by atoms with van der Waals surface area (Å²) in [5, 5.41) is 11.4. The summed E-state index contributed by atoms with van der Waals surface area (Å²) in [7, 11) is 5.31. The van der Waals surface area contributed by atoms with E-state index in [0.717, 1.165) is 5.56 Å². The Balaban J connectivity index is 2.16. The van der Waals surface area contributed by atoms with Crippen LogP contribution in [0.2, 0.25) is 0 Å². The fourth-order valence-corrected chi connectivity index (χ4v) is 4.28. The molecule has 3 rings (SSSR count). The second kappa shape index (κ2) is 12.0. The summed E-state index contributed by atoms with van der Waals surface area (Å²) in [4.78, 5) is 30.0. The van der Waals surface area contributed by atoms with Gasteiger partial charge < -0.3 is 29.1 Å². The van der Waals surface area contributed by atoms with Crippen LogP contribution in [0.1, 0.15) is 36.6 Å². The maximum absolute atomic E-state index is 13.3. The molecule has 1 atom stereocenters. The van der Waals surface area contributed by atoms with Crippen molar-refractivity contribution in [3.05, 3.63) is 71.3 Å². The predicted molar refractivity (Wildman–Crippen MR) is 143 cm³/mol. The van der Waals surface area contributed by atoms with Crippen LogP contribution in [0.4, 0.5) is 0 Å². The lowest BCUT2D eigenvalue weighted by Gasteiger charge is -2.27. The summed E-state index contributed by atoms with van der Waals surface area (Å²) in [6.45, 7) is 10.5. The Morgan fingerprint density at radius 3 is 2.49 bits per heavy atom. The molecule has 2 aromatic carbocycles. The monoisotopic (exact) mass is 508 g/mol. The Hall–Kier alpha value is -3.78. The summed E-state index contributed by atoms with van der Waals surface area (Å²) in [5.74, 6) is 0.00454. The topological polar surface area (TPSA) is 88.5 Å². The molecule has 1 saturated heterocycles. The van der Waals surface area contributed by atoms with Gasteiger partial charge in [0.25, 0.3) is 11.7 Å². The van der Waals surface area contributed by atoms with Gasteiger partial charge in [-0.25, -0.2) is 0 Å². The Kier molecular flexibility index (Phi) is 8.99. The predicted octanol–water partition coefficient (Wildman–Crippen LogP) is 4.34. The second-order valence-corrected chi connectivity index (χ2v) is 9.45. The summed E-state index contributed by atoms with van der Waals surface area (Å²) in [6.07, 6.45) is 1.62. The minimum absolute atomic E-state index is 0.00530. The van der Waals surface area contributed by atoms with E-state index < -0.39 is 17.7 Å². The molecule has 1 heterocycles. The molecule has 0 spiro atoms. The van der Waals surface area contributed by atoms with Crippen molar-refractivity contribution in [2.45, 2.75) is 32.9 Å². The number of carbonyl (C=O) groups excluding carboxylic acids is 2. The van der Waals surface area contributed by atoms with Crippen LogP contribution in [0.15, 0.2) is 54.6 Å². The van der Waals surface area contributed by atoms with Gasteiger partial charge in [0, 0.05) is 18.7 Å². The molecular formula is C29H36N2O6. The van der Waals surface area contributed by atoms with Crippen LogP contribution in [0, 0.1) is 6.92 Å². The number of aryl methyl sites for hydroxylation is 1. The third-order valence-electron chi connectivity index (χ3n) is 6.01. The molecule has 0 radical (unpaired) electrons. The van der Waals surface area contributed by atoms with Crippen LogP contribution in [0.3, 0.4) is 0 Å². The maximum Gasteiger partial charge on any atom is 0.295 e. The molecule has 2 aromatic rings. The van der Waals surface area contributed by atoms with E-state index >= 15 is 0 Å². The van der Waals surface area contributed by atoms with Gasteiger partial charge in [0.1, 0.15) is 18.1 Å². The molecule has 0 bridgehead atoms. The number of Topliss-reactive ketones (excluding diaryl/α,β-unsaturated/α-hetero) is 1. The number of ketones is 1. The molecule has 8 nitrogen and oxygen atoms in total. The van der Waals surface area contributed by atoms with E-state index in [9.17, 15) is 14.7 Å². The highest BCUT2D eigenvalue weighted by Gasteiger charge is 2.46. The Bertz CT molecular complexity index is 1200. The van der Waals surface area contributed by atoms with E-state index in [4.69, 9.17) is 14.2 Å².